The molecule has 0 aliphatic heterocycles. The molecule has 1 saturated carbocycles. The highest BCUT2D eigenvalue weighted by atomic mass is 15.3. The van der Waals surface area contributed by atoms with Crippen LogP contribution in [0, 0.1) is 0 Å². The van der Waals surface area contributed by atoms with E-state index in [-0.39, 0.29) is 0 Å². The maximum atomic E-state index is 5.89. The highest BCUT2D eigenvalue weighted by Crippen LogP contribution is 2.17. The maximum Gasteiger partial charge on any atom is 0.189 e. The van der Waals surface area contributed by atoms with Gasteiger partial charge in [-0.2, -0.15) is 0 Å². The van der Waals surface area contributed by atoms with Gasteiger partial charge in [-0.05, 0) is 19.8 Å². The van der Waals surface area contributed by atoms with Gasteiger partial charge in [0.2, 0.25) is 0 Å². The normalized spacial score (nSPS) is 17.9. The highest BCUT2D eigenvalue weighted by Gasteiger charge is 2.13. The first-order valence-electron chi connectivity index (χ1n) is 6.72. The van der Waals surface area contributed by atoms with E-state index in [1.807, 2.05) is 4.57 Å². The Morgan fingerprint density at radius 1 is 1.50 bits per heavy atom. The smallest absolute Gasteiger partial charge is 0.189 e. The minimum Gasteiger partial charge on any atom is -0.370 e. The molecule has 1 aliphatic carbocycles. The van der Waals surface area contributed by atoms with Crippen molar-refractivity contribution in [2.24, 2.45) is 10.7 Å². The van der Waals surface area contributed by atoms with Crippen molar-refractivity contribution in [2.75, 3.05) is 0 Å². The largest absolute Gasteiger partial charge is 0.370 e. The first-order valence-corrected chi connectivity index (χ1v) is 6.72. The zero-order valence-electron chi connectivity index (χ0n) is 11.0. The van der Waals surface area contributed by atoms with Crippen LogP contribution in [0.3, 0.4) is 0 Å². The predicted octanol–water partition coefficient (Wildman–Crippen LogP) is 1.03. The monoisotopic (exact) mass is 250 g/mol. The zero-order chi connectivity index (χ0) is 12.8. The van der Waals surface area contributed by atoms with E-state index in [0.29, 0.717) is 18.5 Å². The van der Waals surface area contributed by atoms with Gasteiger partial charge in [-0.15, -0.1) is 10.2 Å². The molecule has 1 aromatic rings. The molecule has 0 radical (unpaired) electrons. The molecule has 1 aromatic heterocycles. The Kier molecular flexibility index (Phi) is 4.55. The third-order valence-electron chi connectivity index (χ3n) is 3.38. The number of nitrogens with one attached hydrogen (secondary N) is 1. The van der Waals surface area contributed by atoms with Crippen molar-refractivity contribution in [3.05, 3.63) is 12.2 Å². The summed E-state index contributed by atoms with van der Waals surface area (Å²) in [5.74, 6) is 1.37. The molecular weight excluding hydrogens is 228 g/mol. The van der Waals surface area contributed by atoms with Crippen LogP contribution in [0.15, 0.2) is 11.3 Å². The summed E-state index contributed by atoms with van der Waals surface area (Å²) in [6.45, 7) is 3.40. The molecule has 1 fully saturated rings. The molecule has 0 amide bonds. The Morgan fingerprint density at radius 2 is 2.28 bits per heavy atom. The average Bonchev–Trinajstić information content (AvgIpc) is 2.85. The molecule has 0 bridgehead atoms. The summed E-state index contributed by atoms with van der Waals surface area (Å²) in [7, 11) is 0. The molecule has 0 unspecified atom stereocenters. The molecule has 0 saturated heterocycles. The second-order valence-electron chi connectivity index (χ2n) is 4.71. The Bertz CT molecular complexity index is 391. The number of guanidine groups is 1. The molecule has 0 spiro atoms. The van der Waals surface area contributed by atoms with Gasteiger partial charge >= 0.3 is 0 Å². The van der Waals surface area contributed by atoms with Gasteiger partial charge in [0, 0.05) is 12.6 Å². The lowest BCUT2D eigenvalue weighted by molar-refractivity contribution is 0.412. The first kappa shape index (κ1) is 12.9. The van der Waals surface area contributed by atoms with Crippen molar-refractivity contribution in [1.82, 2.24) is 20.1 Å². The van der Waals surface area contributed by atoms with Gasteiger partial charge in [0.15, 0.2) is 11.8 Å². The quantitative estimate of drug-likeness (QED) is 0.618. The minimum atomic E-state index is 0.486. The van der Waals surface area contributed by atoms with E-state index in [4.69, 9.17) is 5.73 Å². The predicted molar refractivity (Wildman–Crippen MR) is 71.0 cm³/mol. The molecule has 18 heavy (non-hydrogen) atoms. The molecule has 0 aromatic carbocycles. The summed E-state index contributed by atoms with van der Waals surface area (Å²) < 4.78 is 1.97. The topological polar surface area (TPSA) is 81.1 Å². The van der Waals surface area contributed by atoms with Crippen LogP contribution in [-0.2, 0) is 13.1 Å². The maximum absolute atomic E-state index is 5.89. The van der Waals surface area contributed by atoms with Crippen LogP contribution in [-0.4, -0.2) is 26.8 Å². The van der Waals surface area contributed by atoms with Gasteiger partial charge in [-0.25, -0.2) is 4.99 Å². The zero-order valence-corrected chi connectivity index (χ0v) is 11.0. The van der Waals surface area contributed by atoms with Crippen molar-refractivity contribution >= 4 is 5.96 Å². The fraction of sp³-hybridized carbons (Fsp3) is 0.750. The van der Waals surface area contributed by atoms with Gasteiger partial charge < -0.3 is 15.6 Å². The lowest BCUT2D eigenvalue weighted by Gasteiger charge is -2.23. The van der Waals surface area contributed by atoms with Crippen molar-refractivity contribution in [1.29, 1.82) is 0 Å². The number of aromatic nitrogens is 3. The number of nitrogens with two attached hydrogens (primary N) is 1. The molecule has 100 valence electrons. The van der Waals surface area contributed by atoms with Gasteiger partial charge in [0.25, 0.3) is 0 Å². The summed E-state index contributed by atoms with van der Waals surface area (Å²) >= 11 is 0. The van der Waals surface area contributed by atoms with Gasteiger partial charge in [-0.1, -0.05) is 19.3 Å². The van der Waals surface area contributed by atoms with Crippen molar-refractivity contribution in [3.63, 3.8) is 0 Å². The van der Waals surface area contributed by atoms with Gasteiger partial charge in [-0.3, -0.25) is 0 Å². The van der Waals surface area contributed by atoms with Crippen LogP contribution in [0.25, 0.3) is 0 Å². The number of rotatable bonds is 4. The van der Waals surface area contributed by atoms with Crippen molar-refractivity contribution < 1.29 is 0 Å². The molecule has 6 heteroatoms. The fourth-order valence-electron chi connectivity index (χ4n) is 2.32. The van der Waals surface area contributed by atoms with Crippen LogP contribution in [0.5, 0.6) is 0 Å². The number of hydrogen-bond donors (Lipinski definition) is 2. The molecule has 6 nitrogen and oxygen atoms in total. The van der Waals surface area contributed by atoms with E-state index >= 15 is 0 Å². The third kappa shape index (κ3) is 3.45. The highest BCUT2D eigenvalue weighted by molar-refractivity contribution is 5.78. The second-order valence-corrected chi connectivity index (χ2v) is 4.71. The van der Waals surface area contributed by atoms with Crippen LogP contribution in [0.1, 0.15) is 44.9 Å². The average molecular weight is 250 g/mol. The summed E-state index contributed by atoms with van der Waals surface area (Å²) in [5, 5.41) is 11.2. The lowest BCUT2D eigenvalue weighted by Crippen LogP contribution is -2.41. The van der Waals surface area contributed by atoms with E-state index in [9.17, 15) is 0 Å². The standard InChI is InChI=1S/C12H22N6/c1-2-18-9-15-17-11(18)8-14-12(13)16-10-6-4-3-5-7-10/h9-10H,2-8H2,1H3,(H3,13,14,16). The van der Waals surface area contributed by atoms with E-state index in [0.717, 1.165) is 12.4 Å². The van der Waals surface area contributed by atoms with E-state index in [1.54, 1.807) is 6.33 Å². The third-order valence-corrected chi connectivity index (χ3v) is 3.38. The van der Waals surface area contributed by atoms with E-state index in [2.05, 4.69) is 27.4 Å². The van der Waals surface area contributed by atoms with E-state index in [1.165, 1.54) is 32.1 Å². The second kappa shape index (κ2) is 6.37. The van der Waals surface area contributed by atoms with Crippen molar-refractivity contribution in [2.45, 2.75) is 58.2 Å². The van der Waals surface area contributed by atoms with Crippen LogP contribution in [0.4, 0.5) is 0 Å². The van der Waals surface area contributed by atoms with Crippen LogP contribution >= 0.6 is 0 Å². The first-order chi connectivity index (χ1) is 8.79. The molecule has 0 atom stereocenters. The Hall–Kier alpha value is -1.59. The molecule has 1 heterocycles. The summed E-state index contributed by atoms with van der Waals surface area (Å²) in [4.78, 5) is 4.33. The Labute approximate surface area is 108 Å². The Balaban J connectivity index is 1.84. The lowest BCUT2D eigenvalue weighted by atomic mass is 9.96. The number of aliphatic imine (C=N–C) groups is 1. The summed E-state index contributed by atoms with van der Waals surface area (Å²) in [5.41, 5.74) is 5.89. The minimum absolute atomic E-state index is 0.486. The number of hydrogen-bond acceptors (Lipinski definition) is 3. The number of nitrogens with zero attached hydrogens (tertiary/aromatic N) is 4. The molecule has 1 aliphatic rings. The summed E-state index contributed by atoms with van der Waals surface area (Å²) in [6.07, 6.45) is 8.03. The Morgan fingerprint density at radius 3 is 3.00 bits per heavy atom. The molecular formula is C12H22N6. The van der Waals surface area contributed by atoms with Gasteiger partial charge in [0.1, 0.15) is 12.9 Å². The summed E-state index contributed by atoms with van der Waals surface area (Å²) in [6, 6.07) is 0.492. The SMILES string of the molecule is CCn1cnnc1CN=C(N)NC1CCCCC1. The van der Waals surface area contributed by atoms with Gasteiger partial charge in [0.05, 0.1) is 0 Å². The van der Waals surface area contributed by atoms with Crippen LogP contribution < -0.4 is 11.1 Å². The fourth-order valence-corrected chi connectivity index (χ4v) is 2.32. The van der Waals surface area contributed by atoms with Crippen LogP contribution in [0.2, 0.25) is 0 Å². The van der Waals surface area contributed by atoms with E-state index < -0.39 is 0 Å². The molecule has 3 N–H and O–H groups in total. The molecule has 2 rings (SSSR count). The number of aryl methyl sites for hydroxylation is 1. The van der Waals surface area contributed by atoms with Crippen molar-refractivity contribution in [3.8, 4) is 0 Å².